The molecule has 0 aromatic rings. The number of hydrogen-bond donors (Lipinski definition) is 2. The van der Waals surface area contributed by atoms with Gasteiger partial charge in [0, 0.05) is 6.04 Å². The van der Waals surface area contributed by atoms with Gasteiger partial charge in [-0.3, -0.25) is 10.1 Å². The number of unbranched alkanes of at least 4 members (excludes halogenated alkanes) is 2. The third-order valence-corrected chi connectivity index (χ3v) is 5.85. The molecule has 2 rings (SSSR count). The van der Waals surface area contributed by atoms with Crippen molar-refractivity contribution in [2.45, 2.75) is 76.3 Å². The lowest BCUT2D eigenvalue weighted by Gasteiger charge is -2.32. The van der Waals surface area contributed by atoms with E-state index in [9.17, 15) is 9.90 Å². The molecule has 116 valence electrons. The van der Waals surface area contributed by atoms with E-state index in [0.717, 1.165) is 44.3 Å². The van der Waals surface area contributed by atoms with Crippen LogP contribution in [0.5, 0.6) is 0 Å². The van der Waals surface area contributed by atoms with Gasteiger partial charge in [0.1, 0.15) is 5.54 Å². The summed E-state index contributed by atoms with van der Waals surface area (Å²) in [5.74, 6) is 2.08. The molecule has 2 N–H and O–H groups in total. The molecule has 2 saturated carbocycles. The minimum Gasteiger partial charge on any atom is -0.480 e. The van der Waals surface area contributed by atoms with Gasteiger partial charge in [-0.15, -0.1) is 0 Å². The minimum atomic E-state index is -0.608. The third-order valence-electron chi connectivity index (χ3n) is 4.74. The summed E-state index contributed by atoms with van der Waals surface area (Å²) in [4.78, 5) is 11.8. The number of hydrogen-bond acceptors (Lipinski definition) is 3. The van der Waals surface area contributed by atoms with E-state index < -0.39 is 11.5 Å². The molecule has 0 saturated heterocycles. The maximum Gasteiger partial charge on any atom is 0.324 e. The first kappa shape index (κ1) is 16.2. The van der Waals surface area contributed by atoms with Crippen molar-refractivity contribution in [1.82, 2.24) is 5.32 Å². The summed E-state index contributed by atoms with van der Waals surface area (Å²) in [5, 5.41) is 13.2. The van der Waals surface area contributed by atoms with Gasteiger partial charge in [0.15, 0.2) is 0 Å². The van der Waals surface area contributed by atoms with Gasteiger partial charge in [-0.25, -0.2) is 0 Å². The Morgan fingerprint density at radius 3 is 2.75 bits per heavy atom. The summed E-state index contributed by atoms with van der Waals surface area (Å²) in [7, 11) is 0. The molecule has 0 bridgehead atoms. The average Bonchev–Trinajstić information content (AvgIpc) is 3.13. The number of carboxylic acids is 1. The summed E-state index contributed by atoms with van der Waals surface area (Å²) >= 11 is 2.01. The summed E-state index contributed by atoms with van der Waals surface area (Å²) in [6.45, 7) is 2.23. The molecule has 2 atom stereocenters. The maximum atomic E-state index is 11.8. The zero-order valence-electron chi connectivity index (χ0n) is 12.7. The number of rotatable bonds is 10. The van der Waals surface area contributed by atoms with E-state index in [0.29, 0.717) is 12.0 Å². The van der Waals surface area contributed by atoms with Crippen molar-refractivity contribution in [2.24, 2.45) is 5.92 Å². The quantitative estimate of drug-likeness (QED) is 0.604. The summed E-state index contributed by atoms with van der Waals surface area (Å²) in [5.41, 5.74) is -0.606. The number of aliphatic carboxylic acids is 1. The third kappa shape index (κ3) is 4.14. The molecular formula is C16H29NO2S. The van der Waals surface area contributed by atoms with Gasteiger partial charge in [-0.05, 0) is 55.9 Å². The first-order valence-electron chi connectivity index (χ1n) is 8.28. The topological polar surface area (TPSA) is 49.3 Å². The van der Waals surface area contributed by atoms with E-state index in [-0.39, 0.29) is 0 Å². The van der Waals surface area contributed by atoms with E-state index in [2.05, 4.69) is 12.2 Å². The van der Waals surface area contributed by atoms with Gasteiger partial charge < -0.3 is 5.11 Å². The van der Waals surface area contributed by atoms with E-state index in [4.69, 9.17) is 0 Å². The van der Waals surface area contributed by atoms with Crippen LogP contribution < -0.4 is 5.32 Å². The second kappa shape index (κ2) is 7.69. The van der Waals surface area contributed by atoms with Crippen LogP contribution in [-0.2, 0) is 4.79 Å². The van der Waals surface area contributed by atoms with Crippen LogP contribution in [-0.4, -0.2) is 34.2 Å². The standard InChI is InChI=1S/C16H29NO2S/c1-2-3-4-11-20-12-9-13-6-5-10-16(13,15(18)19)17-14-7-8-14/h13-14,17H,2-12H2,1H3,(H,18,19). The number of carboxylic acid groups (broad SMARTS) is 1. The monoisotopic (exact) mass is 299 g/mol. The molecule has 0 amide bonds. The normalized spacial score (nSPS) is 29.8. The lowest BCUT2D eigenvalue weighted by Crippen LogP contribution is -2.55. The van der Waals surface area contributed by atoms with Crippen molar-refractivity contribution >= 4 is 17.7 Å². The summed E-state index contributed by atoms with van der Waals surface area (Å²) in [6.07, 6.45) is 10.2. The van der Waals surface area contributed by atoms with Crippen LogP contribution in [0.3, 0.4) is 0 Å². The molecule has 2 aliphatic rings. The molecule has 0 aromatic carbocycles. The minimum absolute atomic E-state index is 0.333. The zero-order valence-corrected chi connectivity index (χ0v) is 13.5. The maximum absolute atomic E-state index is 11.8. The van der Waals surface area contributed by atoms with Crippen LogP contribution >= 0.6 is 11.8 Å². The number of carbonyl (C=O) groups is 1. The molecule has 2 fully saturated rings. The van der Waals surface area contributed by atoms with E-state index in [1.807, 2.05) is 11.8 Å². The van der Waals surface area contributed by atoms with Crippen LogP contribution in [0.15, 0.2) is 0 Å². The van der Waals surface area contributed by atoms with Gasteiger partial charge in [-0.1, -0.05) is 26.2 Å². The molecular weight excluding hydrogens is 270 g/mol. The first-order valence-corrected chi connectivity index (χ1v) is 9.43. The fourth-order valence-corrected chi connectivity index (χ4v) is 4.44. The molecule has 2 aliphatic carbocycles. The van der Waals surface area contributed by atoms with Crippen LogP contribution in [0.2, 0.25) is 0 Å². The highest BCUT2D eigenvalue weighted by Gasteiger charge is 2.50. The summed E-state index contributed by atoms with van der Waals surface area (Å²) < 4.78 is 0. The van der Waals surface area contributed by atoms with E-state index in [1.165, 1.54) is 25.0 Å². The van der Waals surface area contributed by atoms with Crippen molar-refractivity contribution in [2.75, 3.05) is 11.5 Å². The van der Waals surface area contributed by atoms with Gasteiger partial charge in [-0.2, -0.15) is 11.8 Å². The molecule has 0 radical (unpaired) electrons. The Hall–Kier alpha value is -0.220. The smallest absolute Gasteiger partial charge is 0.324 e. The number of thioether (sulfide) groups is 1. The van der Waals surface area contributed by atoms with Crippen LogP contribution in [0.25, 0.3) is 0 Å². The first-order chi connectivity index (χ1) is 9.69. The van der Waals surface area contributed by atoms with Gasteiger partial charge >= 0.3 is 5.97 Å². The highest BCUT2D eigenvalue weighted by Crippen LogP contribution is 2.41. The fourth-order valence-electron chi connectivity index (χ4n) is 3.38. The Kier molecular flexibility index (Phi) is 6.21. The Morgan fingerprint density at radius 1 is 1.30 bits per heavy atom. The van der Waals surface area contributed by atoms with Crippen molar-refractivity contribution < 1.29 is 9.90 Å². The molecule has 2 unspecified atom stereocenters. The average molecular weight is 299 g/mol. The summed E-state index contributed by atoms with van der Waals surface area (Å²) in [6, 6.07) is 0.476. The highest BCUT2D eigenvalue weighted by molar-refractivity contribution is 7.99. The molecule has 20 heavy (non-hydrogen) atoms. The number of nitrogens with one attached hydrogen (secondary N) is 1. The molecule has 0 aliphatic heterocycles. The Morgan fingerprint density at radius 2 is 2.10 bits per heavy atom. The molecule has 0 aromatic heterocycles. The van der Waals surface area contributed by atoms with Gasteiger partial charge in [0.2, 0.25) is 0 Å². The lowest BCUT2D eigenvalue weighted by atomic mass is 9.85. The fraction of sp³-hybridized carbons (Fsp3) is 0.938. The van der Waals surface area contributed by atoms with Crippen LogP contribution in [0.4, 0.5) is 0 Å². The Bertz CT molecular complexity index is 320. The van der Waals surface area contributed by atoms with Crippen molar-refractivity contribution in [3.05, 3.63) is 0 Å². The van der Waals surface area contributed by atoms with Crippen molar-refractivity contribution in [1.29, 1.82) is 0 Å². The Balaban J connectivity index is 1.77. The predicted molar refractivity (Wildman–Crippen MR) is 85.3 cm³/mol. The second-order valence-electron chi connectivity index (χ2n) is 6.39. The molecule has 4 heteroatoms. The molecule has 0 spiro atoms. The zero-order chi connectivity index (χ0) is 14.4. The van der Waals surface area contributed by atoms with Gasteiger partial charge in [0.05, 0.1) is 0 Å². The second-order valence-corrected chi connectivity index (χ2v) is 7.62. The van der Waals surface area contributed by atoms with E-state index in [1.54, 1.807) is 0 Å². The lowest BCUT2D eigenvalue weighted by molar-refractivity contribution is -0.146. The molecule has 3 nitrogen and oxygen atoms in total. The Labute approximate surface area is 127 Å². The largest absolute Gasteiger partial charge is 0.480 e. The van der Waals surface area contributed by atoms with Gasteiger partial charge in [0.25, 0.3) is 0 Å². The van der Waals surface area contributed by atoms with E-state index >= 15 is 0 Å². The SMILES string of the molecule is CCCCCSCCC1CCCC1(NC1CC1)C(=O)O. The highest BCUT2D eigenvalue weighted by atomic mass is 32.2. The van der Waals surface area contributed by atoms with Crippen LogP contribution in [0, 0.1) is 5.92 Å². The van der Waals surface area contributed by atoms with Crippen molar-refractivity contribution in [3.8, 4) is 0 Å². The molecule has 0 heterocycles. The van der Waals surface area contributed by atoms with Crippen LogP contribution in [0.1, 0.15) is 64.7 Å². The predicted octanol–water partition coefficient (Wildman–Crippen LogP) is 3.68. The van der Waals surface area contributed by atoms with Crippen molar-refractivity contribution in [3.63, 3.8) is 0 Å².